The molecule has 0 fully saturated rings. The first-order valence-electron chi connectivity index (χ1n) is 10.3. The molecule has 0 bridgehead atoms. The van der Waals surface area contributed by atoms with Gasteiger partial charge in [-0.2, -0.15) is 0 Å². The van der Waals surface area contributed by atoms with Gasteiger partial charge in [0.05, 0.1) is 5.56 Å². The zero-order valence-corrected chi connectivity index (χ0v) is 18.4. The smallest absolute Gasteiger partial charge is 0.335 e. The van der Waals surface area contributed by atoms with Gasteiger partial charge in [-0.25, -0.2) is 4.79 Å². The van der Waals surface area contributed by atoms with Crippen LogP contribution in [0.1, 0.15) is 58.9 Å². The molecule has 0 amide bonds. The third kappa shape index (κ3) is 4.36. The maximum Gasteiger partial charge on any atom is 0.335 e. The van der Waals surface area contributed by atoms with Crippen molar-refractivity contribution in [1.82, 2.24) is 0 Å². The van der Waals surface area contributed by atoms with Crippen LogP contribution in [0.25, 0.3) is 5.57 Å². The molecule has 1 aliphatic rings. The lowest BCUT2D eigenvalue weighted by atomic mass is 9.91. The van der Waals surface area contributed by atoms with E-state index in [9.17, 15) is 4.79 Å². The van der Waals surface area contributed by atoms with Crippen LogP contribution in [0, 0.1) is 0 Å². The maximum atomic E-state index is 11.1. The van der Waals surface area contributed by atoms with Gasteiger partial charge in [0.2, 0.25) is 0 Å². The average molecular weight is 415 g/mol. The molecule has 4 rings (SSSR count). The number of carboxylic acid groups (broad SMARTS) is 1. The van der Waals surface area contributed by atoms with Crippen LogP contribution >= 0.6 is 11.8 Å². The molecule has 1 N–H and O–H groups in total. The number of carboxylic acids is 1. The Hall–Kier alpha value is -2.78. The van der Waals surface area contributed by atoms with Crippen LogP contribution in [0.4, 0.5) is 0 Å². The topological polar surface area (TPSA) is 37.3 Å². The van der Waals surface area contributed by atoms with Crippen LogP contribution in [0.3, 0.4) is 0 Å². The Morgan fingerprint density at radius 3 is 2.17 bits per heavy atom. The predicted octanol–water partition coefficient (Wildman–Crippen LogP) is 6.85. The first-order chi connectivity index (χ1) is 14.3. The summed E-state index contributed by atoms with van der Waals surface area (Å²) in [4.78, 5) is 12.4. The van der Waals surface area contributed by atoms with E-state index in [1.807, 2.05) is 23.9 Å². The monoisotopic (exact) mass is 414 g/mol. The van der Waals surface area contributed by atoms with E-state index in [0.717, 1.165) is 18.4 Å². The molecule has 3 heteroatoms. The second kappa shape index (κ2) is 8.16. The zero-order valence-electron chi connectivity index (χ0n) is 17.6. The van der Waals surface area contributed by atoms with Gasteiger partial charge in [-0.05, 0) is 84.3 Å². The Balaban J connectivity index is 1.69. The van der Waals surface area contributed by atoms with Crippen LogP contribution in [0.5, 0.6) is 0 Å². The van der Waals surface area contributed by atoms with Crippen molar-refractivity contribution in [3.05, 3.63) is 106 Å². The minimum absolute atomic E-state index is 0.0416. The summed E-state index contributed by atoms with van der Waals surface area (Å²) in [5, 5.41) is 9.10. The second-order valence-corrected chi connectivity index (χ2v) is 10.0. The van der Waals surface area contributed by atoms with Crippen molar-refractivity contribution in [2.24, 2.45) is 0 Å². The van der Waals surface area contributed by atoms with Crippen molar-refractivity contribution in [1.29, 1.82) is 0 Å². The standard InChI is InChI=1S/C27H26O2S/c1-4-18-5-10-21(11-6-18)24-17-27(2,3)30-25-14-9-20(16-23(24)25)15-19-7-12-22(13-8-19)26(28)29/h5-14,16-17H,4,15H2,1-3H3,(H,28,29). The van der Waals surface area contributed by atoms with Gasteiger partial charge in [-0.3, -0.25) is 0 Å². The van der Waals surface area contributed by atoms with E-state index in [2.05, 4.69) is 69.3 Å². The van der Waals surface area contributed by atoms with Gasteiger partial charge in [0, 0.05) is 9.64 Å². The van der Waals surface area contributed by atoms with Gasteiger partial charge < -0.3 is 5.11 Å². The minimum atomic E-state index is -0.890. The molecule has 1 heterocycles. The molecule has 30 heavy (non-hydrogen) atoms. The number of carbonyl (C=O) groups is 1. The second-order valence-electron chi connectivity index (χ2n) is 8.32. The third-order valence-corrected chi connectivity index (χ3v) is 6.70. The molecule has 3 aromatic rings. The highest BCUT2D eigenvalue weighted by Crippen LogP contribution is 2.46. The molecule has 0 aliphatic carbocycles. The number of benzene rings is 3. The van der Waals surface area contributed by atoms with Crippen molar-refractivity contribution in [3.63, 3.8) is 0 Å². The molecule has 0 saturated heterocycles. The fraction of sp³-hybridized carbons (Fsp3) is 0.222. The number of thioether (sulfide) groups is 1. The van der Waals surface area contributed by atoms with Crippen LogP contribution in [-0.4, -0.2) is 15.8 Å². The Kier molecular flexibility index (Phi) is 5.57. The van der Waals surface area contributed by atoms with Crippen LogP contribution in [0.15, 0.2) is 77.7 Å². The maximum absolute atomic E-state index is 11.1. The van der Waals surface area contributed by atoms with E-state index in [4.69, 9.17) is 5.11 Å². The largest absolute Gasteiger partial charge is 0.478 e. The van der Waals surface area contributed by atoms with Crippen molar-refractivity contribution in [2.75, 3.05) is 0 Å². The lowest BCUT2D eigenvalue weighted by molar-refractivity contribution is 0.0697. The number of aryl methyl sites for hydroxylation is 1. The van der Waals surface area contributed by atoms with Crippen molar-refractivity contribution < 1.29 is 9.90 Å². The zero-order chi connectivity index (χ0) is 21.3. The van der Waals surface area contributed by atoms with Crippen LogP contribution in [-0.2, 0) is 12.8 Å². The Bertz CT molecular complexity index is 1110. The van der Waals surface area contributed by atoms with E-state index < -0.39 is 5.97 Å². The highest BCUT2D eigenvalue weighted by Gasteiger charge is 2.27. The first-order valence-corrected chi connectivity index (χ1v) is 11.1. The molecular formula is C27H26O2S. The summed E-state index contributed by atoms with van der Waals surface area (Å²) >= 11 is 1.90. The summed E-state index contributed by atoms with van der Waals surface area (Å²) in [6, 6.07) is 22.8. The van der Waals surface area contributed by atoms with E-state index >= 15 is 0 Å². The van der Waals surface area contributed by atoms with Gasteiger partial charge >= 0.3 is 5.97 Å². The number of fused-ring (bicyclic) bond motifs is 1. The van der Waals surface area contributed by atoms with Crippen molar-refractivity contribution in [3.8, 4) is 0 Å². The lowest BCUT2D eigenvalue weighted by Gasteiger charge is -2.30. The molecule has 0 radical (unpaired) electrons. The molecule has 1 aliphatic heterocycles. The van der Waals surface area contributed by atoms with Gasteiger partial charge in [0.25, 0.3) is 0 Å². The van der Waals surface area contributed by atoms with Gasteiger partial charge in [0.15, 0.2) is 0 Å². The molecular weight excluding hydrogens is 388 g/mol. The molecule has 0 unspecified atom stereocenters. The van der Waals surface area contributed by atoms with Gasteiger partial charge in [-0.1, -0.05) is 55.5 Å². The lowest BCUT2D eigenvalue weighted by Crippen LogP contribution is -2.16. The summed E-state index contributed by atoms with van der Waals surface area (Å²) in [5.41, 5.74) is 7.84. The van der Waals surface area contributed by atoms with E-state index in [0.29, 0.717) is 5.56 Å². The van der Waals surface area contributed by atoms with Crippen LogP contribution in [0.2, 0.25) is 0 Å². The van der Waals surface area contributed by atoms with Gasteiger partial charge in [0.1, 0.15) is 0 Å². The first kappa shape index (κ1) is 20.5. The van der Waals surface area contributed by atoms with Gasteiger partial charge in [-0.15, -0.1) is 11.8 Å². The van der Waals surface area contributed by atoms with E-state index in [1.165, 1.54) is 32.7 Å². The number of hydrogen-bond donors (Lipinski definition) is 1. The predicted molar refractivity (Wildman–Crippen MR) is 125 cm³/mol. The SMILES string of the molecule is CCc1ccc(C2=CC(C)(C)Sc3ccc(Cc4ccc(C(=O)O)cc4)cc32)cc1. The summed E-state index contributed by atoms with van der Waals surface area (Å²) in [6.07, 6.45) is 4.21. The van der Waals surface area contributed by atoms with E-state index in [-0.39, 0.29) is 4.75 Å². The summed E-state index contributed by atoms with van der Waals surface area (Å²) in [7, 11) is 0. The molecule has 0 spiro atoms. The molecule has 0 saturated carbocycles. The normalized spacial score (nSPS) is 14.7. The fourth-order valence-corrected chi connectivity index (χ4v) is 5.04. The Labute approximate surface area is 182 Å². The highest BCUT2D eigenvalue weighted by molar-refractivity contribution is 8.01. The highest BCUT2D eigenvalue weighted by atomic mass is 32.2. The quantitative estimate of drug-likeness (QED) is 0.496. The third-order valence-electron chi connectivity index (χ3n) is 5.48. The fourth-order valence-electron chi connectivity index (χ4n) is 3.88. The number of hydrogen-bond acceptors (Lipinski definition) is 2. The molecule has 2 nitrogen and oxygen atoms in total. The molecule has 0 aromatic heterocycles. The summed E-state index contributed by atoms with van der Waals surface area (Å²) in [6.45, 7) is 6.71. The molecule has 0 atom stereocenters. The Morgan fingerprint density at radius 2 is 1.53 bits per heavy atom. The number of aromatic carboxylic acids is 1. The van der Waals surface area contributed by atoms with Crippen molar-refractivity contribution in [2.45, 2.75) is 43.3 Å². The Morgan fingerprint density at radius 1 is 0.900 bits per heavy atom. The number of rotatable bonds is 5. The summed E-state index contributed by atoms with van der Waals surface area (Å²) in [5.74, 6) is -0.890. The van der Waals surface area contributed by atoms with Crippen LogP contribution < -0.4 is 0 Å². The molecule has 152 valence electrons. The van der Waals surface area contributed by atoms with E-state index in [1.54, 1.807) is 12.1 Å². The molecule has 3 aromatic carbocycles. The van der Waals surface area contributed by atoms with Crippen molar-refractivity contribution >= 4 is 23.3 Å². The average Bonchev–Trinajstić information content (AvgIpc) is 2.73. The summed E-state index contributed by atoms with van der Waals surface area (Å²) < 4.78 is 0.0416. The minimum Gasteiger partial charge on any atom is -0.478 e.